The molecule has 2 rings (SSSR count). The summed E-state index contributed by atoms with van der Waals surface area (Å²) in [4.78, 5) is 11.1. The van der Waals surface area contributed by atoms with Gasteiger partial charge in [0.2, 0.25) is 0 Å². The van der Waals surface area contributed by atoms with Gasteiger partial charge in [-0.25, -0.2) is 0 Å². The third-order valence-corrected chi connectivity index (χ3v) is 3.89. The number of ether oxygens (including phenoxy) is 1. The standard InChI is InChI=1S/C19H21ClO3/c1-3-4-5-14-7-9-17(15(11-14)12-19(21)22)23-18-8-6-13(2)10-16(18)20/h6-11H,3-5,12H2,1-2H3,(H,21,22). The first-order chi connectivity index (χ1) is 11.0. The average molecular weight is 333 g/mol. The van der Waals surface area contributed by atoms with Crippen LogP contribution in [0.4, 0.5) is 0 Å². The number of halogens is 1. The first kappa shape index (κ1) is 17.4. The number of carbonyl (C=O) groups is 1. The third-order valence-electron chi connectivity index (χ3n) is 3.59. The van der Waals surface area contributed by atoms with Gasteiger partial charge in [0.1, 0.15) is 11.5 Å². The lowest BCUT2D eigenvalue weighted by molar-refractivity contribution is -0.136. The van der Waals surface area contributed by atoms with Crippen LogP contribution in [0.1, 0.15) is 36.5 Å². The number of unbranched alkanes of at least 4 members (excludes halogenated alkanes) is 1. The topological polar surface area (TPSA) is 46.5 Å². The minimum atomic E-state index is -0.877. The van der Waals surface area contributed by atoms with E-state index >= 15 is 0 Å². The number of hydrogen-bond donors (Lipinski definition) is 1. The number of aliphatic carboxylic acids is 1. The van der Waals surface area contributed by atoms with Gasteiger partial charge in [0.25, 0.3) is 0 Å². The van der Waals surface area contributed by atoms with Crippen LogP contribution in [0.5, 0.6) is 11.5 Å². The van der Waals surface area contributed by atoms with E-state index in [1.165, 1.54) is 0 Å². The van der Waals surface area contributed by atoms with Crippen LogP contribution >= 0.6 is 11.6 Å². The molecule has 0 aliphatic carbocycles. The van der Waals surface area contributed by atoms with Crippen molar-refractivity contribution in [3.05, 3.63) is 58.1 Å². The molecule has 0 heterocycles. The van der Waals surface area contributed by atoms with Crippen molar-refractivity contribution in [1.29, 1.82) is 0 Å². The van der Waals surface area contributed by atoms with Crippen LogP contribution < -0.4 is 4.74 Å². The Balaban J connectivity index is 2.30. The summed E-state index contributed by atoms with van der Waals surface area (Å²) < 4.78 is 5.86. The van der Waals surface area contributed by atoms with Gasteiger partial charge in [-0.05, 0) is 49.1 Å². The Hall–Kier alpha value is -2.00. The van der Waals surface area contributed by atoms with Crippen molar-refractivity contribution >= 4 is 17.6 Å². The molecular formula is C19H21ClO3. The Bertz CT molecular complexity index is 695. The van der Waals surface area contributed by atoms with Gasteiger partial charge in [0.15, 0.2) is 0 Å². The molecule has 0 fully saturated rings. The van der Waals surface area contributed by atoms with E-state index in [-0.39, 0.29) is 6.42 Å². The van der Waals surface area contributed by atoms with Crippen molar-refractivity contribution in [1.82, 2.24) is 0 Å². The molecule has 0 aromatic heterocycles. The highest BCUT2D eigenvalue weighted by Crippen LogP contribution is 2.32. The minimum absolute atomic E-state index is 0.0707. The molecule has 0 aliphatic rings. The smallest absolute Gasteiger partial charge is 0.307 e. The molecule has 0 saturated carbocycles. The fraction of sp³-hybridized carbons (Fsp3) is 0.316. The molecule has 2 aromatic rings. The van der Waals surface area contributed by atoms with Crippen LogP contribution in [0.2, 0.25) is 5.02 Å². The molecule has 0 aliphatic heterocycles. The van der Waals surface area contributed by atoms with Gasteiger partial charge >= 0.3 is 5.97 Å². The highest BCUT2D eigenvalue weighted by atomic mass is 35.5. The first-order valence-electron chi connectivity index (χ1n) is 7.77. The summed E-state index contributed by atoms with van der Waals surface area (Å²) in [6.07, 6.45) is 3.05. The largest absolute Gasteiger partial charge is 0.481 e. The summed E-state index contributed by atoms with van der Waals surface area (Å²) in [5.41, 5.74) is 2.84. The number of benzene rings is 2. The molecule has 0 saturated heterocycles. The second-order valence-corrected chi connectivity index (χ2v) is 6.06. The van der Waals surface area contributed by atoms with Crippen LogP contribution in [0.25, 0.3) is 0 Å². The SMILES string of the molecule is CCCCc1ccc(Oc2ccc(C)cc2Cl)c(CC(=O)O)c1. The average Bonchev–Trinajstić information content (AvgIpc) is 2.49. The molecule has 0 atom stereocenters. The number of carboxylic acids is 1. The van der Waals surface area contributed by atoms with Gasteiger partial charge < -0.3 is 9.84 Å². The molecule has 0 unspecified atom stereocenters. The van der Waals surface area contributed by atoms with Gasteiger partial charge in [-0.2, -0.15) is 0 Å². The Morgan fingerprint density at radius 1 is 1.17 bits per heavy atom. The molecule has 1 N–H and O–H groups in total. The van der Waals surface area contributed by atoms with Crippen LogP contribution in [0.3, 0.4) is 0 Å². The molecule has 2 aromatic carbocycles. The van der Waals surface area contributed by atoms with E-state index in [1.54, 1.807) is 6.07 Å². The molecule has 122 valence electrons. The summed E-state index contributed by atoms with van der Waals surface area (Å²) in [7, 11) is 0. The quantitative estimate of drug-likeness (QED) is 0.737. The monoisotopic (exact) mass is 332 g/mol. The number of aryl methyl sites for hydroxylation is 2. The number of carboxylic acid groups (broad SMARTS) is 1. The van der Waals surface area contributed by atoms with E-state index in [2.05, 4.69) is 6.92 Å². The second kappa shape index (κ2) is 8.02. The summed E-state index contributed by atoms with van der Waals surface area (Å²) in [5.74, 6) is 0.195. The molecule has 23 heavy (non-hydrogen) atoms. The maximum Gasteiger partial charge on any atom is 0.307 e. The van der Waals surface area contributed by atoms with Crippen molar-refractivity contribution in [2.24, 2.45) is 0 Å². The zero-order valence-electron chi connectivity index (χ0n) is 13.4. The van der Waals surface area contributed by atoms with Crippen molar-refractivity contribution < 1.29 is 14.6 Å². The van der Waals surface area contributed by atoms with Gasteiger partial charge in [-0.3, -0.25) is 4.79 Å². The van der Waals surface area contributed by atoms with Gasteiger partial charge in [0, 0.05) is 5.56 Å². The molecule has 0 radical (unpaired) electrons. The maximum absolute atomic E-state index is 11.1. The fourth-order valence-electron chi connectivity index (χ4n) is 2.38. The zero-order chi connectivity index (χ0) is 16.8. The molecule has 4 heteroatoms. The highest BCUT2D eigenvalue weighted by molar-refractivity contribution is 6.32. The lowest BCUT2D eigenvalue weighted by Gasteiger charge is -2.13. The Kier molecular flexibility index (Phi) is 6.05. The molecule has 0 spiro atoms. The van der Waals surface area contributed by atoms with Crippen molar-refractivity contribution in [2.45, 2.75) is 39.5 Å². The third kappa shape index (κ3) is 5.00. The molecular weight excluding hydrogens is 312 g/mol. The minimum Gasteiger partial charge on any atom is -0.481 e. The predicted molar refractivity (Wildman–Crippen MR) is 92.7 cm³/mol. The van der Waals surface area contributed by atoms with Gasteiger partial charge in [0.05, 0.1) is 11.4 Å². The van der Waals surface area contributed by atoms with Gasteiger partial charge in [-0.1, -0.05) is 43.1 Å². The zero-order valence-corrected chi connectivity index (χ0v) is 14.2. The lowest BCUT2D eigenvalue weighted by Crippen LogP contribution is -2.03. The fourth-order valence-corrected chi connectivity index (χ4v) is 2.65. The summed E-state index contributed by atoms with van der Waals surface area (Å²) in [5, 5.41) is 9.65. The summed E-state index contributed by atoms with van der Waals surface area (Å²) >= 11 is 6.20. The van der Waals surface area contributed by atoms with Crippen LogP contribution in [-0.2, 0) is 17.6 Å². The predicted octanol–water partition coefficient (Wildman–Crippen LogP) is 5.41. The van der Waals surface area contributed by atoms with Crippen molar-refractivity contribution in [2.75, 3.05) is 0 Å². The molecule has 0 amide bonds. The summed E-state index contributed by atoms with van der Waals surface area (Å²) in [6.45, 7) is 4.09. The highest BCUT2D eigenvalue weighted by Gasteiger charge is 2.12. The van der Waals surface area contributed by atoms with Gasteiger partial charge in [-0.15, -0.1) is 0 Å². The molecule has 0 bridgehead atoms. The van der Waals surface area contributed by atoms with E-state index in [9.17, 15) is 4.79 Å². The van der Waals surface area contributed by atoms with Crippen molar-refractivity contribution in [3.8, 4) is 11.5 Å². The van der Waals surface area contributed by atoms with Crippen LogP contribution in [0, 0.1) is 6.92 Å². The van der Waals surface area contributed by atoms with E-state index in [4.69, 9.17) is 21.4 Å². The van der Waals surface area contributed by atoms with E-state index < -0.39 is 5.97 Å². The number of rotatable bonds is 7. The second-order valence-electron chi connectivity index (χ2n) is 5.65. The van der Waals surface area contributed by atoms with E-state index in [0.717, 1.165) is 30.4 Å². The molecule has 3 nitrogen and oxygen atoms in total. The Morgan fingerprint density at radius 3 is 2.57 bits per heavy atom. The first-order valence-corrected chi connectivity index (χ1v) is 8.15. The van der Waals surface area contributed by atoms with Crippen molar-refractivity contribution in [3.63, 3.8) is 0 Å². The Morgan fingerprint density at radius 2 is 1.91 bits per heavy atom. The van der Waals surface area contributed by atoms with E-state index in [0.29, 0.717) is 22.1 Å². The summed E-state index contributed by atoms with van der Waals surface area (Å²) in [6, 6.07) is 11.3. The van der Waals surface area contributed by atoms with Crippen LogP contribution in [0.15, 0.2) is 36.4 Å². The maximum atomic E-state index is 11.1. The van der Waals surface area contributed by atoms with Crippen LogP contribution in [-0.4, -0.2) is 11.1 Å². The normalized spacial score (nSPS) is 10.6. The number of hydrogen-bond acceptors (Lipinski definition) is 2. The Labute approximate surface area is 141 Å². The lowest BCUT2D eigenvalue weighted by atomic mass is 10.0. The van der Waals surface area contributed by atoms with E-state index in [1.807, 2.05) is 37.3 Å².